The third kappa shape index (κ3) is 5.07. The summed E-state index contributed by atoms with van der Waals surface area (Å²) in [4.78, 5) is 0.161. The van der Waals surface area contributed by atoms with Crippen molar-refractivity contribution in [2.75, 3.05) is 13.2 Å². The molecule has 0 amide bonds. The molecule has 1 unspecified atom stereocenters. The van der Waals surface area contributed by atoms with E-state index in [-0.39, 0.29) is 23.9 Å². The van der Waals surface area contributed by atoms with E-state index < -0.39 is 10.1 Å². The van der Waals surface area contributed by atoms with E-state index in [1.165, 1.54) is 0 Å². The number of ether oxygens (including phenoxy) is 2. The average molecular weight is 314 g/mol. The molecule has 0 aromatic heterocycles. The van der Waals surface area contributed by atoms with Crippen molar-refractivity contribution in [3.05, 3.63) is 29.8 Å². The molecule has 1 aromatic carbocycles. The van der Waals surface area contributed by atoms with Crippen LogP contribution < -0.4 is 0 Å². The summed E-state index contributed by atoms with van der Waals surface area (Å²) in [6, 6.07) is 6.57. The monoisotopic (exact) mass is 314 g/mol. The van der Waals surface area contributed by atoms with E-state index in [2.05, 4.69) is 0 Å². The molecule has 1 heterocycles. The van der Waals surface area contributed by atoms with Crippen molar-refractivity contribution in [1.29, 1.82) is 0 Å². The molecule has 1 fully saturated rings. The normalized spacial score (nSPS) is 21.1. The maximum absolute atomic E-state index is 12.0. The number of rotatable bonds is 6. The van der Waals surface area contributed by atoms with Crippen LogP contribution in [-0.4, -0.2) is 34.0 Å². The Morgan fingerprint density at radius 3 is 2.62 bits per heavy atom. The molecular formula is C15H22O5S. The Hall–Kier alpha value is -0.950. The van der Waals surface area contributed by atoms with Crippen LogP contribution >= 0.6 is 0 Å². The van der Waals surface area contributed by atoms with Gasteiger partial charge in [-0.3, -0.25) is 4.18 Å². The predicted molar refractivity (Wildman–Crippen MR) is 78.5 cm³/mol. The van der Waals surface area contributed by atoms with Crippen LogP contribution in [0.4, 0.5) is 0 Å². The molecule has 1 saturated heterocycles. The van der Waals surface area contributed by atoms with Gasteiger partial charge in [0.15, 0.2) is 6.29 Å². The predicted octanol–water partition coefficient (Wildman–Crippen LogP) is 2.63. The second-order valence-electron chi connectivity index (χ2n) is 5.29. The fourth-order valence-electron chi connectivity index (χ4n) is 2.08. The topological polar surface area (TPSA) is 61.8 Å². The van der Waals surface area contributed by atoms with Gasteiger partial charge in [0.1, 0.15) is 0 Å². The lowest BCUT2D eigenvalue weighted by Gasteiger charge is -2.25. The second kappa shape index (κ2) is 7.35. The van der Waals surface area contributed by atoms with Gasteiger partial charge in [0.05, 0.1) is 17.6 Å². The highest BCUT2D eigenvalue weighted by Gasteiger charge is 2.20. The van der Waals surface area contributed by atoms with E-state index in [9.17, 15) is 8.42 Å². The summed E-state index contributed by atoms with van der Waals surface area (Å²) in [5, 5.41) is 0. The Bertz CT molecular complexity index is 532. The lowest BCUT2D eigenvalue weighted by atomic mass is 10.2. The van der Waals surface area contributed by atoms with Crippen LogP contribution in [0.1, 0.15) is 31.7 Å². The maximum Gasteiger partial charge on any atom is 0.297 e. The van der Waals surface area contributed by atoms with E-state index in [0.29, 0.717) is 6.61 Å². The van der Waals surface area contributed by atoms with Crippen LogP contribution in [-0.2, 0) is 23.8 Å². The van der Waals surface area contributed by atoms with Crippen LogP contribution in [0.5, 0.6) is 0 Å². The van der Waals surface area contributed by atoms with Crippen molar-refractivity contribution < 1.29 is 22.1 Å². The van der Waals surface area contributed by atoms with Crippen LogP contribution in [0.25, 0.3) is 0 Å². The number of hydrogen-bond acceptors (Lipinski definition) is 5. The van der Waals surface area contributed by atoms with Gasteiger partial charge in [-0.15, -0.1) is 0 Å². The first kappa shape index (κ1) is 16.4. The zero-order valence-electron chi connectivity index (χ0n) is 12.4. The van der Waals surface area contributed by atoms with E-state index in [1.807, 2.05) is 6.92 Å². The Labute approximate surface area is 126 Å². The quantitative estimate of drug-likeness (QED) is 0.755. The lowest BCUT2D eigenvalue weighted by Crippen LogP contribution is -2.29. The fraction of sp³-hybridized carbons (Fsp3) is 0.600. The van der Waals surface area contributed by atoms with E-state index in [1.54, 1.807) is 31.2 Å². The molecule has 1 aliphatic heterocycles. The first-order chi connectivity index (χ1) is 9.97. The zero-order chi connectivity index (χ0) is 15.3. The van der Waals surface area contributed by atoms with Gasteiger partial charge in [-0.1, -0.05) is 17.7 Å². The molecule has 21 heavy (non-hydrogen) atoms. The highest BCUT2D eigenvalue weighted by molar-refractivity contribution is 7.86. The van der Waals surface area contributed by atoms with Gasteiger partial charge in [-0.2, -0.15) is 8.42 Å². The Morgan fingerprint density at radius 1 is 1.29 bits per heavy atom. The Balaban J connectivity index is 1.84. The molecule has 0 N–H and O–H groups in total. The van der Waals surface area contributed by atoms with Crippen molar-refractivity contribution >= 4 is 10.1 Å². The van der Waals surface area contributed by atoms with Crippen molar-refractivity contribution in [3.8, 4) is 0 Å². The molecule has 5 nitrogen and oxygen atoms in total. The molecule has 2 rings (SSSR count). The van der Waals surface area contributed by atoms with Gasteiger partial charge < -0.3 is 9.47 Å². The molecule has 0 aliphatic carbocycles. The van der Waals surface area contributed by atoms with Crippen molar-refractivity contribution in [3.63, 3.8) is 0 Å². The number of hydrogen-bond donors (Lipinski definition) is 0. The summed E-state index contributed by atoms with van der Waals surface area (Å²) in [5.41, 5.74) is 1.00. The third-order valence-electron chi connectivity index (χ3n) is 3.29. The van der Waals surface area contributed by atoms with Crippen LogP contribution in [0.15, 0.2) is 29.2 Å². The Kier molecular flexibility index (Phi) is 5.75. The van der Waals surface area contributed by atoms with Gasteiger partial charge in [0.2, 0.25) is 0 Å². The summed E-state index contributed by atoms with van der Waals surface area (Å²) in [7, 11) is -3.73. The van der Waals surface area contributed by atoms with Crippen LogP contribution in [0.2, 0.25) is 0 Å². The van der Waals surface area contributed by atoms with E-state index in [4.69, 9.17) is 13.7 Å². The minimum Gasteiger partial charge on any atom is -0.353 e. The molecule has 1 aliphatic rings. The second-order valence-corrected chi connectivity index (χ2v) is 6.91. The maximum atomic E-state index is 12.0. The van der Waals surface area contributed by atoms with E-state index in [0.717, 1.165) is 24.8 Å². The molecule has 118 valence electrons. The summed E-state index contributed by atoms with van der Waals surface area (Å²) in [6.45, 7) is 4.36. The standard InChI is InChI=1S/C15H22O5S/c1-12-6-8-14(9-7-12)21(16,17)19-11-13(2)20-15-5-3-4-10-18-15/h6-9,13,15H,3-5,10-11H2,1-2H3/t13-,15?/m1/s1. The summed E-state index contributed by atoms with van der Waals surface area (Å²) in [6.07, 6.45) is 2.37. The van der Waals surface area contributed by atoms with Crippen molar-refractivity contribution in [2.45, 2.75) is 50.4 Å². The summed E-state index contributed by atoms with van der Waals surface area (Å²) >= 11 is 0. The largest absolute Gasteiger partial charge is 0.353 e. The molecule has 0 spiro atoms. The fourth-order valence-corrected chi connectivity index (χ4v) is 3.05. The molecule has 2 atom stereocenters. The summed E-state index contributed by atoms with van der Waals surface area (Å²) in [5.74, 6) is 0. The smallest absolute Gasteiger partial charge is 0.297 e. The lowest BCUT2D eigenvalue weighted by molar-refractivity contribution is -0.188. The molecule has 1 aromatic rings. The number of benzene rings is 1. The van der Waals surface area contributed by atoms with Crippen molar-refractivity contribution in [2.24, 2.45) is 0 Å². The van der Waals surface area contributed by atoms with Gasteiger partial charge >= 0.3 is 0 Å². The molecule has 0 saturated carbocycles. The molecule has 0 radical (unpaired) electrons. The van der Waals surface area contributed by atoms with E-state index >= 15 is 0 Å². The average Bonchev–Trinajstić information content (AvgIpc) is 2.47. The first-order valence-corrected chi connectivity index (χ1v) is 8.61. The SMILES string of the molecule is Cc1ccc(S(=O)(=O)OC[C@@H](C)OC2CCCCO2)cc1. The highest BCUT2D eigenvalue weighted by Crippen LogP contribution is 2.17. The van der Waals surface area contributed by atoms with Gasteiger partial charge in [-0.25, -0.2) is 0 Å². The van der Waals surface area contributed by atoms with Gasteiger partial charge in [0, 0.05) is 6.61 Å². The third-order valence-corrected chi connectivity index (χ3v) is 4.59. The van der Waals surface area contributed by atoms with Gasteiger partial charge in [-0.05, 0) is 45.2 Å². The Morgan fingerprint density at radius 2 is 2.00 bits per heavy atom. The number of aryl methyl sites for hydroxylation is 1. The highest BCUT2D eigenvalue weighted by atomic mass is 32.2. The van der Waals surface area contributed by atoms with Crippen molar-refractivity contribution in [1.82, 2.24) is 0 Å². The molecule has 6 heteroatoms. The van der Waals surface area contributed by atoms with Gasteiger partial charge in [0.25, 0.3) is 10.1 Å². The minimum absolute atomic E-state index is 0.0178. The summed E-state index contributed by atoms with van der Waals surface area (Å²) < 4.78 is 40.2. The molecule has 0 bridgehead atoms. The van der Waals surface area contributed by atoms with Crippen LogP contribution in [0, 0.1) is 6.92 Å². The van der Waals surface area contributed by atoms with Crippen LogP contribution in [0.3, 0.4) is 0 Å². The minimum atomic E-state index is -3.73. The molecular weight excluding hydrogens is 292 g/mol. The zero-order valence-corrected chi connectivity index (χ0v) is 13.3. The first-order valence-electron chi connectivity index (χ1n) is 7.20.